The van der Waals surface area contributed by atoms with E-state index in [4.69, 9.17) is 4.74 Å². The summed E-state index contributed by atoms with van der Waals surface area (Å²) in [7, 11) is 0. The molecule has 1 aromatic rings. The highest BCUT2D eigenvalue weighted by Gasteiger charge is 2.48. The summed E-state index contributed by atoms with van der Waals surface area (Å²) in [5.74, 6) is -0.455. The van der Waals surface area contributed by atoms with Gasteiger partial charge in [0.1, 0.15) is 6.10 Å². The molecule has 3 heteroatoms. The van der Waals surface area contributed by atoms with Crippen molar-refractivity contribution in [1.29, 1.82) is 0 Å². The fourth-order valence-corrected chi connectivity index (χ4v) is 3.98. The van der Waals surface area contributed by atoms with Crippen molar-refractivity contribution in [3.05, 3.63) is 35.9 Å². The van der Waals surface area contributed by atoms with Crippen LogP contribution in [0.2, 0.25) is 0 Å². The molecule has 1 N–H and O–H groups in total. The van der Waals surface area contributed by atoms with Gasteiger partial charge in [-0.05, 0) is 44.1 Å². The minimum atomic E-state index is -1.48. The van der Waals surface area contributed by atoms with Crippen LogP contribution in [0.4, 0.5) is 0 Å². The van der Waals surface area contributed by atoms with Crippen LogP contribution in [0, 0.1) is 5.92 Å². The number of carbonyl (C=O) groups is 1. The van der Waals surface area contributed by atoms with E-state index in [1.165, 1.54) is 6.42 Å². The van der Waals surface area contributed by atoms with Crippen LogP contribution in [-0.4, -0.2) is 17.2 Å². The van der Waals surface area contributed by atoms with Crippen LogP contribution >= 0.6 is 0 Å². The lowest BCUT2D eigenvalue weighted by Crippen LogP contribution is -2.45. The standard InChI is InChI=1S/C19H26O3/c20-18(22-17-13-5-2-6-14-17)19(21,16-11-7-8-12-16)15-9-3-1-4-10-15/h1,3-4,9-10,16-17,21H,2,5-8,11-14H2. The Hall–Kier alpha value is -1.35. The average Bonchev–Trinajstić information content (AvgIpc) is 3.11. The zero-order valence-electron chi connectivity index (χ0n) is 13.2. The molecular formula is C19H26O3. The first-order valence-electron chi connectivity index (χ1n) is 8.70. The Morgan fingerprint density at radius 2 is 1.55 bits per heavy atom. The van der Waals surface area contributed by atoms with Gasteiger partial charge >= 0.3 is 5.97 Å². The predicted molar refractivity (Wildman–Crippen MR) is 85.3 cm³/mol. The van der Waals surface area contributed by atoms with Gasteiger partial charge in [-0.25, -0.2) is 4.79 Å². The molecule has 1 atom stereocenters. The fraction of sp³-hybridized carbons (Fsp3) is 0.632. The molecule has 0 spiro atoms. The van der Waals surface area contributed by atoms with E-state index in [9.17, 15) is 9.90 Å². The van der Waals surface area contributed by atoms with Crippen LogP contribution < -0.4 is 0 Å². The third-order valence-electron chi connectivity index (χ3n) is 5.30. The molecule has 3 rings (SSSR count). The lowest BCUT2D eigenvalue weighted by molar-refractivity contribution is -0.180. The first kappa shape index (κ1) is 15.5. The number of carbonyl (C=O) groups excluding carboxylic acids is 1. The van der Waals surface area contributed by atoms with Crippen molar-refractivity contribution in [3.8, 4) is 0 Å². The molecule has 0 bridgehead atoms. The first-order chi connectivity index (χ1) is 10.7. The van der Waals surface area contributed by atoms with Gasteiger partial charge in [0, 0.05) is 5.92 Å². The minimum absolute atomic E-state index is 0.0158. The summed E-state index contributed by atoms with van der Waals surface area (Å²) in [6.07, 6.45) is 9.25. The van der Waals surface area contributed by atoms with Gasteiger partial charge in [-0.1, -0.05) is 49.6 Å². The second-order valence-corrected chi connectivity index (χ2v) is 6.78. The lowest BCUT2D eigenvalue weighted by atomic mass is 9.80. The zero-order chi connectivity index (χ0) is 15.4. The Kier molecular flexibility index (Phi) is 4.82. The number of aliphatic hydroxyl groups is 1. The van der Waals surface area contributed by atoms with E-state index >= 15 is 0 Å². The van der Waals surface area contributed by atoms with E-state index in [0.29, 0.717) is 5.56 Å². The third-order valence-corrected chi connectivity index (χ3v) is 5.30. The number of rotatable bonds is 4. The fourth-order valence-electron chi connectivity index (χ4n) is 3.98. The first-order valence-corrected chi connectivity index (χ1v) is 8.70. The number of hydrogen-bond donors (Lipinski definition) is 1. The largest absolute Gasteiger partial charge is 0.460 e. The van der Waals surface area contributed by atoms with Crippen LogP contribution in [0.15, 0.2) is 30.3 Å². The SMILES string of the molecule is O=C(OC1CCCCC1)C(O)(c1ccccc1)C1CCCC1. The molecule has 2 aliphatic carbocycles. The molecule has 2 aliphatic rings. The summed E-state index contributed by atoms with van der Waals surface area (Å²) in [6, 6.07) is 9.36. The molecule has 0 aliphatic heterocycles. The summed E-state index contributed by atoms with van der Waals surface area (Å²) >= 11 is 0. The molecule has 0 amide bonds. The quantitative estimate of drug-likeness (QED) is 0.857. The van der Waals surface area contributed by atoms with Crippen molar-refractivity contribution in [2.45, 2.75) is 69.5 Å². The molecule has 3 nitrogen and oxygen atoms in total. The molecule has 1 unspecified atom stereocenters. The smallest absolute Gasteiger partial charge is 0.343 e. The summed E-state index contributed by atoms with van der Waals surface area (Å²) < 4.78 is 5.73. The molecule has 120 valence electrons. The van der Waals surface area contributed by atoms with E-state index in [1.807, 2.05) is 30.3 Å². The summed E-state index contributed by atoms with van der Waals surface area (Å²) in [4.78, 5) is 12.8. The van der Waals surface area contributed by atoms with E-state index in [0.717, 1.165) is 51.4 Å². The van der Waals surface area contributed by atoms with E-state index in [-0.39, 0.29) is 12.0 Å². The van der Waals surface area contributed by atoms with Gasteiger partial charge in [-0.3, -0.25) is 0 Å². The van der Waals surface area contributed by atoms with Crippen LogP contribution in [-0.2, 0) is 15.1 Å². The molecule has 0 saturated heterocycles. The Morgan fingerprint density at radius 1 is 0.955 bits per heavy atom. The third kappa shape index (κ3) is 3.05. The van der Waals surface area contributed by atoms with Crippen LogP contribution in [0.3, 0.4) is 0 Å². The Morgan fingerprint density at radius 3 is 2.18 bits per heavy atom. The van der Waals surface area contributed by atoms with Gasteiger partial charge in [0.25, 0.3) is 0 Å². The molecule has 2 saturated carbocycles. The maximum Gasteiger partial charge on any atom is 0.343 e. The minimum Gasteiger partial charge on any atom is -0.460 e. The van der Waals surface area contributed by atoms with Gasteiger partial charge in [0.05, 0.1) is 0 Å². The van der Waals surface area contributed by atoms with Gasteiger partial charge in [-0.2, -0.15) is 0 Å². The monoisotopic (exact) mass is 302 g/mol. The Labute approximate surface area is 132 Å². The number of ether oxygens (including phenoxy) is 1. The maximum atomic E-state index is 12.8. The van der Waals surface area contributed by atoms with Crippen molar-refractivity contribution in [2.75, 3.05) is 0 Å². The van der Waals surface area contributed by atoms with Crippen LogP contribution in [0.25, 0.3) is 0 Å². The Bertz CT molecular complexity index is 487. The normalized spacial score (nSPS) is 23.1. The van der Waals surface area contributed by atoms with Gasteiger partial charge in [0.15, 0.2) is 5.60 Å². The van der Waals surface area contributed by atoms with E-state index in [2.05, 4.69) is 0 Å². The average molecular weight is 302 g/mol. The molecule has 1 aromatic carbocycles. The summed E-state index contributed by atoms with van der Waals surface area (Å²) in [5.41, 5.74) is -0.794. The molecule has 0 aromatic heterocycles. The molecule has 22 heavy (non-hydrogen) atoms. The van der Waals surface area contributed by atoms with Crippen molar-refractivity contribution in [1.82, 2.24) is 0 Å². The zero-order valence-corrected chi connectivity index (χ0v) is 13.2. The van der Waals surface area contributed by atoms with E-state index in [1.54, 1.807) is 0 Å². The van der Waals surface area contributed by atoms with Crippen molar-refractivity contribution in [3.63, 3.8) is 0 Å². The number of benzene rings is 1. The van der Waals surface area contributed by atoms with Gasteiger partial charge in [0.2, 0.25) is 0 Å². The predicted octanol–water partition coefficient (Wildman–Crippen LogP) is 3.94. The molecular weight excluding hydrogens is 276 g/mol. The topological polar surface area (TPSA) is 46.5 Å². The van der Waals surface area contributed by atoms with Crippen LogP contribution in [0.1, 0.15) is 63.4 Å². The number of hydrogen-bond acceptors (Lipinski definition) is 3. The van der Waals surface area contributed by atoms with Crippen molar-refractivity contribution in [2.24, 2.45) is 5.92 Å². The summed E-state index contributed by atoms with van der Waals surface area (Å²) in [5, 5.41) is 11.3. The molecule has 0 heterocycles. The summed E-state index contributed by atoms with van der Waals surface area (Å²) in [6.45, 7) is 0. The van der Waals surface area contributed by atoms with Gasteiger partial charge < -0.3 is 9.84 Å². The second-order valence-electron chi connectivity index (χ2n) is 6.78. The van der Waals surface area contributed by atoms with Crippen LogP contribution in [0.5, 0.6) is 0 Å². The highest BCUT2D eigenvalue weighted by Crippen LogP contribution is 2.42. The lowest BCUT2D eigenvalue weighted by Gasteiger charge is -2.34. The highest BCUT2D eigenvalue weighted by molar-refractivity contribution is 5.81. The molecule has 0 radical (unpaired) electrons. The highest BCUT2D eigenvalue weighted by atomic mass is 16.6. The van der Waals surface area contributed by atoms with Crippen molar-refractivity contribution >= 4 is 5.97 Å². The Balaban J connectivity index is 1.82. The van der Waals surface area contributed by atoms with Crippen molar-refractivity contribution < 1.29 is 14.6 Å². The maximum absolute atomic E-state index is 12.8. The van der Waals surface area contributed by atoms with Gasteiger partial charge in [-0.15, -0.1) is 0 Å². The number of esters is 1. The van der Waals surface area contributed by atoms with E-state index < -0.39 is 11.6 Å². The second kappa shape index (κ2) is 6.82. The molecule has 2 fully saturated rings.